The molecule has 3 heterocycles. The number of benzene rings is 3. The molecule has 0 aliphatic carbocycles. The molecule has 0 aromatic heterocycles. The molecule has 3 aromatic rings. The maximum absolute atomic E-state index is 14.0. The number of nitrogens with zero attached hydrogens (tertiary/aromatic N) is 1. The van der Waals surface area contributed by atoms with Crippen molar-refractivity contribution in [2.75, 3.05) is 38.0 Å². The molecule has 3 saturated heterocycles. The molecule has 0 spiro atoms. The Morgan fingerprint density at radius 3 is 2.27 bits per heavy atom. The van der Waals surface area contributed by atoms with E-state index in [1.807, 2.05) is 60.7 Å². The highest BCUT2D eigenvalue weighted by atomic mass is 19.1. The molecule has 2 atom stereocenters. The standard InChI is InChI=1S/C31H34FN2O3/c32-27-13-7-8-14-28(27)33-18-15-26(23-9-3-1-4-10-23)31(36)37-30-22-34(19-16-25(30)17-20-34)21-29(35)24-11-5-2-6-12-24/h1-14,25-26,30,33H,15-22H2/q+1/t25?,26?,30-,34?/m0/s1. The maximum atomic E-state index is 14.0. The first-order chi connectivity index (χ1) is 18.0. The quantitative estimate of drug-likeness (QED) is 0.228. The van der Waals surface area contributed by atoms with Crippen LogP contribution >= 0.6 is 0 Å². The summed E-state index contributed by atoms with van der Waals surface area (Å²) < 4.78 is 20.9. The normalized spacial score (nSPS) is 23.3. The minimum Gasteiger partial charge on any atom is -0.456 e. The van der Waals surface area contributed by atoms with Crippen LogP contribution in [-0.2, 0) is 9.53 Å². The number of hydrogen-bond acceptors (Lipinski definition) is 4. The number of Topliss-reactive ketones (excluding diaryl/α,β-unsaturated/α-hetero) is 1. The van der Waals surface area contributed by atoms with Gasteiger partial charge in [-0.15, -0.1) is 0 Å². The number of halogens is 1. The molecule has 0 radical (unpaired) electrons. The van der Waals surface area contributed by atoms with Crippen LogP contribution < -0.4 is 5.32 Å². The van der Waals surface area contributed by atoms with E-state index in [0.717, 1.165) is 37.1 Å². The number of ether oxygens (including phenoxy) is 1. The Bertz CT molecular complexity index is 1210. The van der Waals surface area contributed by atoms with E-state index in [4.69, 9.17) is 4.74 Å². The van der Waals surface area contributed by atoms with E-state index < -0.39 is 5.92 Å². The molecule has 0 saturated carbocycles. The summed E-state index contributed by atoms with van der Waals surface area (Å²) in [6.45, 7) is 3.47. The summed E-state index contributed by atoms with van der Waals surface area (Å²) in [6, 6.07) is 25.6. The van der Waals surface area contributed by atoms with Gasteiger partial charge >= 0.3 is 5.97 Å². The average molecular weight is 502 g/mol. The van der Waals surface area contributed by atoms with Crippen LogP contribution in [0, 0.1) is 11.7 Å². The molecule has 3 fully saturated rings. The second kappa shape index (κ2) is 11.3. The van der Waals surface area contributed by atoms with Crippen molar-refractivity contribution in [3.05, 3.63) is 102 Å². The molecule has 3 aromatic carbocycles. The van der Waals surface area contributed by atoms with Gasteiger partial charge in [-0.1, -0.05) is 72.8 Å². The lowest BCUT2D eigenvalue weighted by Crippen LogP contribution is -2.65. The van der Waals surface area contributed by atoms with E-state index in [0.29, 0.717) is 42.1 Å². The first-order valence-electron chi connectivity index (χ1n) is 13.2. The summed E-state index contributed by atoms with van der Waals surface area (Å²) in [4.78, 5) is 26.6. The molecule has 1 unspecified atom stereocenters. The van der Waals surface area contributed by atoms with Crippen LogP contribution in [-0.4, -0.2) is 55.1 Å². The number of nitrogens with one attached hydrogen (secondary N) is 1. The van der Waals surface area contributed by atoms with Crippen molar-refractivity contribution in [3.63, 3.8) is 0 Å². The van der Waals surface area contributed by atoms with Crippen LogP contribution in [0.25, 0.3) is 0 Å². The van der Waals surface area contributed by atoms with Crippen molar-refractivity contribution >= 4 is 17.4 Å². The maximum Gasteiger partial charge on any atom is 0.313 e. The number of carbonyl (C=O) groups excluding carboxylic acids is 2. The molecule has 3 aliphatic heterocycles. The highest BCUT2D eigenvalue weighted by Crippen LogP contribution is 2.37. The Morgan fingerprint density at radius 1 is 0.919 bits per heavy atom. The van der Waals surface area contributed by atoms with Crippen LogP contribution in [0.15, 0.2) is 84.9 Å². The first-order valence-corrected chi connectivity index (χ1v) is 13.2. The van der Waals surface area contributed by atoms with E-state index in [1.165, 1.54) is 6.07 Å². The van der Waals surface area contributed by atoms with Gasteiger partial charge < -0.3 is 14.5 Å². The zero-order valence-corrected chi connectivity index (χ0v) is 21.0. The molecule has 1 N–H and O–H groups in total. The van der Waals surface area contributed by atoms with Crippen molar-refractivity contribution in [1.82, 2.24) is 0 Å². The SMILES string of the molecule is O=C(C[N+]12CCC(CC1)[C@@H](OC(=O)C(CCNc1ccccc1F)c1ccccc1)C2)c1ccccc1. The van der Waals surface area contributed by atoms with E-state index in [9.17, 15) is 14.0 Å². The minimum absolute atomic E-state index is 0.146. The van der Waals surface area contributed by atoms with Crippen molar-refractivity contribution in [2.24, 2.45) is 5.92 Å². The number of quaternary nitrogens is 1. The zero-order valence-electron chi connectivity index (χ0n) is 21.0. The number of carbonyl (C=O) groups is 2. The number of para-hydroxylation sites is 1. The largest absolute Gasteiger partial charge is 0.456 e. The van der Waals surface area contributed by atoms with Crippen LogP contribution in [0.4, 0.5) is 10.1 Å². The number of fused-ring (bicyclic) bond motifs is 3. The van der Waals surface area contributed by atoms with E-state index in [1.54, 1.807) is 18.2 Å². The fourth-order valence-electron chi connectivity index (χ4n) is 5.89. The second-order valence-corrected chi connectivity index (χ2v) is 10.4. The van der Waals surface area contributed by atoms with Gasteiger partial charge in [0.25, 0.3) is 0 Å². The van der Waals surface area contributed by atoms with E-state index in [2.05, 4.69) is 5.32 Å². The fourth-order valence-corrected chi connectivity index (χ4v) is 5.89. The predicted octanol–water partition coefficient (Wildman–Crippen LogP) is 5.45. The average Bonchev–Trinajstić information content (AvgIpc) is 2.93. The highest BCUT2D eigenvalue weighted by molar-refractivity contribution is 5.97. The van der Waals surface area contributed by atoms with Crippen LogP contribution in [0.3, 0.4) is 0 Å². The molecule has 0 amide bonds. The van der Waals surface area contributed by atoms with Gasteiger partial charge in [0.05, 0.1) is 24.7 Å². The lowest BCUT2D eigenvalue weighted by atomic mass is 9.82. The number of ketones is 1. The van der Waals surface area contributed by atoms with Gasteiger partial charge in [-0.3, -0.25) is 9.59 Å². The molecule has 192 valence electrons. The molecule has 3 aliphatic rings. The molecular weight excluding hydrogens is 467 g/mol. The van der Waals surface area contributed by atoms with Crippen molar-refractivity contribution in [1.29, 1.82) is 0 Å². The van der Waals surface area contributed by atoms with Crippen LogP contribution in [0.1, 0.15) is 41.1 Å². The summed E-state index contributed by atoms with van der Waals surface area (Å²) in [6.07, 6.45) is 2.22. The lowest BCUT2D eigenvalue weighted by Gasteiger charge is -2.51. The molecule has 2 bridgehead atoms. The highest BCUT2D eigenvalue weighted by Gasteiger charge is 2.49. The second-order valence-electron chi connectivity index (χ2n) is 10.4. The number of hydrogen-bond donors (Lipinski definition) is 1. The Kier molecular flexibility index (Phi) is 7.65. The Hall–Kier alpha value is -3.51. The third-order valence-electron chi connectivity index (χ3n) is 7.99. The fraction of sp³-hybridized carbons (Fsp3) is 0.355. The number of rotatable bonds is 10. The monoisotopic (exact) mass is 501 g/mol. The number of anilines is 1. The summed E-state index contributed by atoms with van der Waals surface area (Å²) in [5.74, 6) is -0.521. The van der Waals surface area contributed by atoms with Crippen LogP contribution in [0.5, 0.6) is 0 Å². The predicted molar refractivity (Wildman–Crippen MR) is 142 cm³/mol. The first kappa shape index (κ1) is 25.2. The summed E-state index contributed by atoms with van der Waals surface area (Å²) >= 11 is 0. The van der Waals surface area contributed by atoms with Crippen molar-refractivity contribution < 1.29 is 23.2 Å². The van der Waals surface area contributed by atoms with Crippen LogP contribution in [0.2, 0.25) is 0 Å². The number of piperidine rings is 3. The van der Waals surface area contributed by atoms with Gasteiger partial charge in [-0.2, -0.15) is 0 Å². The zero-order chi connectivity index (χ0) is 25.7. The Morgan fingerprint density at radius 2 is 1.57 bits per heavy atom. The molecule has 37 heavy (non-hydrogen) atoms. The van der Waals surface area contributed by atoms with Gasteiger partial charge in [0, 0.05) is 30.9 Å². The van der Waals surface area contributed by atoms with Gasteiger partial charge in [0.1, 0.15) is 18.9 Å². The smallest absolute Gasteiger partial charge is 0.313 e. The van der Waals surface area contributed by atoms with Gasteiger partial charge in [0.15, 0.2) is 6.10 Å². The van der Waals surface area contributed by atoms with E-state index >= 15 is 0 Å². The summed E-state index contributed by atoms with van der Waals surface area (Å²) in [5.41, 5.74) is 2.06. The molecule has 6 rings (SSSR count). The Balaban J connectivity index is 1.26. The minimum atomic E-state index is -0.449. The third-order valence-corrected chi connectivity index (χ3v) is 7.99. The van der Waals surface area contributed by atoms with Crippen molar-refractivity contribution in [3.8, 4) is 0 Å². The Labute approximate surface area is 217 Å². The summed E-state index contributed by atoms with van der Waals surface area (Å²) in [7, 11) is 0. The van der Waals surface area contributed by atoms with Crippen molar-refractivity contribution in [2.45, 2.75) is 31.3 Å². The van der Waals surface area contributed by atoms with Gasteiger partial charge in [0.2, 0.25) is 5.78 Å². The van der Waals surface area contributed by atoms with Gasteiger partial charge in [-0.05, 0) is 24.1 Å². The molecule has 5 nitrogen and oxygen atoms in total. The lowest BCUT2D eigenvalue weighted by molar-refractivity contribution is -0.938. The van der Waals surface area contributed by atoms with E-state index in [-0.39, 0.29) is 23.7 Å². The molecular formula is C31H34FN2O3+. The molecule has 6 heteroatoms. The van der Waals surface area contributed by atoms with Gasteiger partial charge in [-0.25, -0.2) is 4.39 Å². The number of esters is 1. The summed E-state index contributed by atoms with van der Waals surface area (Å²) in [5, 5.41) is 3.12. The topological polar surface area (TPSA) is 55.4 Å². The third kappa shape index (κ3) is 5.91.